The zero-order chi connectivity index (χ0) is 26.9. The van der Waals surface area contributed by atoms with E-state index in [1.54, 1.807) is 6.20 Å². The average Bonchev–Trinajstić information content (AvgIpc) is 3.55. The average molecular weight is 534 g/mol. The predicted octanol–water partition coefficient (Wildman–Crippen LogP) is -0.204. The van der Waals surface area contributed by atoms with Gasteiger partial charge < -0.3 is 36.5 Å². The number of carboxylic acids is 2. The molecule has 0 spiro atoms. The van der Waals surface area contributed by atoms with Crippen LogP contribution in [0.1, 0.15) is 31.2 Å². The Labute approximate surface area is 218 Å². The number of hydrogen-bond acceptors (Lipinski definition) is 7. The van der Waals surface area contributed by atoms with Gasteiger partial charge in [0, 0.05) is 35.7 Å². The van der Waals surface area contributed by atoms with Gasteiger partial charge >= 0.3 is 11.9 Å². The summed E-state index contributed by atoms with van der Waals surface area (Å²) in [5, 5.41) is 30.0. The van der Waals surface area contributed by atoms with Crippen LogP contribution in [0.15, 0.2) is 30.5 Å². The number of aliphatic carboxylic acids is 2. The number of thiol groups is 1. The van der Waals surface area contributed by atoms with Gasteiger partial charge in [0.15, 0.2) is 0 Å². The van der Waals surface area contributed by atoms with E-state index in [0.29, 0.717) is 18.5 Å². The van der Waals surface area contributed by atoms with Crippen LogP contribution in [-0.4, -0.2) is 81.3 Å². The Balaban J connectivity index is 1.65. The lowest BCUT2D eigenvalue weighted by atomic mass is 10.0. The molecule has 1 aliphatic heterocycles. The number of amides is 3. The van der Waals surface area contributed by atoms with Crippen LogP contribution >= 0.6 is 12.6 Å². The number of carbonyl (C=O) groups is 5. The molecule has 12 nitrogen and oxygen atoms in total. The van der Waals surface area contributed by atoms with E-state index in [4.69, 9.17) is 5.11 Å². The van der Waals surface area contributed by atoms with Crippen LogP contribution in [0.25, 0.3) is 10.9 Å². The van der Waals surface area contributed by atoms with E-state index >= 15 is 0 Å². The number of rotatable bonds is 13. The third kappa shape index (κ3) is 7.70. The second-order valence-electron chi connectivity index (χ2n) is 8.85. The van der Waals surface area contributed by atoms with E-state index in [9.17, 15) is 29.1 Å². The minimum atomic E-state index is -1.28. The molecule has 13 heteroatoms. The first-order valence-corrected chi connectivity index (χ1v) is 12.6. The van der Waals surface area contributed by atoms with Gasteiger partial charge in [-0.2, -0.15) is 12.6 Å². The highest BCUT2D eigenvalue weighted by Crippen LogP contribution is 2.19. The molecule has 1 aliphatic rings. The van der Waals surface area contributed by atoms with Crippen LogP contribution in [0.3, 0.4) is 0 Å². The van der Waals surface area contributed by atoms with Crippen LogP contribution in [0, 0.1) is 0 Å². The van der Waals surface area contributed by atoms with Crippen LogP contribution in [0.4, 0.5) is 0 Å². The number of aromatic amines is 1. The summed E-state index contributed by atoms with van der Waals surface area (Å²) in [6, 6.07) is 3.19. The molecule has 2 heterocycles. The Morgan fingerprint density at radius 1 is 1.00 bits per heavy atom. The Morgan fingerprint density at radius 3 is 2.35 bits per heavy atom. The highest BCUT2D eigenvalue weighted by molar-refractivity contribution is 7.80. The number of benzene rings is 1. The first-order chi connectivity index (χ1) is 17.7. The normalized spacial score (nSPS) is 17.5. The van der Waals surface area contributed by atoms with Gasteiger partial charge in [-0.15, -0.1) is 0 Å². The molecule has 0 aliphatic carbocycles. The summed E-state index contributed by atoms with van der Waals surface area (Å²) in [4.78, 5) is 64.3. The smallest absolute Gasteiger partial charge is 0.326 e. The van der Waals surface area contributed by atoms with Gasteiger partial charge in [-0.05, 0) is 37.4 Å². The van der Waals surface area contributed by atoms with E-state index < -0.39 is 53.8 Å². The maximum atomic E-state index is 12.9. The number of carboxylic acid groups (broad SMARTS) is 2. The first-order valence-electron chi connectivity index (χ1n) is 11.9. The van der Waals surface area contributed by atoms with Gasteiger partial charge in [0.25, 0.3) is 0 Å². The molecule has 3 amide bonds. The van der Waals surface area contributed by atoms with Crippen LogP contribution in [-0.2, 0) is 30.4 Å². The maximum Gasteiger partial charge on any atom is 0.326 e. The van der Waals surface area contributed by atoms with Crippen molar-refractivity contribution in [1.29, 1.82) is 0 Å². The monoisotopic (exact) mass is 533 g/mol. The SMILES string of the molecule is O=C(O)CCC(NC(=O)C1CCCN1)C(=O)NC(CS)C(=O)NC(Cc1c[nH]c2ccccc12)C(=O)O. The fraction of sp³-hybridized carbons (Fsp3) is 0.458. The van der Waals surface area contributed by atoms with Crippen LogP contribution < -0.4 is 21.3 Å². The molecule has 0 radical (unpaired) electrons. The fourth-order valence-corrected chi connectivity index (χ4v) is 4.43. The van der Waals surface area contributed by atoms with Crippen molar-refractivity contribution in [2.45, 2.75) is 56.3 Å². The van der Waals surface area contributed by atoms with Crippen molar-refractivity contribution in [2.24, 2.45) is 0 Å². The summed E-state index contributed by atoms with van der Waals surface area (Å²) < 4.78 is 0. The van der Waals surface area contributed by atoms with Gasteiger partial charge in [0.05, 0.1) is 6.04 Å². The quantitative estimate of drug-likeness (QED) is 0.162. The molecule has 3 rings (SSSR count). The number of carbonyl (C=O) groups excluding carboxylic acids is 3. The molecular weight excluding hydrogens is 502 g/mol. The molecule has 1 aromatic carbocycles. The zero-order valence-corrected chi connectivity index (χ0v) is 20.9. The lowest BCUT2D eigenvalue weighted by molar-refractivity contribution is -0.142. The summed E-state index contributed by atoms with van der Waals surface area (Å²) in [5.41, 5.74) is 1.53. The highest BCUT2D eigenvalue weighted by Gasteiger charge is 2.31. The third-order valence-electron chi connectivity index (χ3n) is 6.19. The van der Waals surface area contributed by atoms with Crippen molar-refractivity contribution in [3.05, 3.63) is 36.0 Å². The lowest BCUT2D eigenvalue weighted by Crippen LogP contribution is -2.57. The van der Waals surface area contributed by atoms with Crippen molar-refractivity contribution in [2.75, 3.05) is 12.3 Å². The number of hydrogen-bond donors (Lipinski definition) is 8. The van der Waals surface area contributed by atoms with Crippen molar-refractivity contribution >= 4 is 53.2 Å². The van der Waals surface area contributed by atoms with Crippen LogP contribution in [0.5, 0.6) is 0 Å². The van der Waals surface area contributed by atoms with E-state index in [-0.39, 0.29) is 25.0 Å². The van der Waals surface area contributed by atoms with Gasteiger partial charge in [0.1, 0.15) is 18.1 Å². The molecule has 1 fully saturated rings. The molecule has 4 unspecified atom stereocenters. The number of nitrogens with one attached hydrogen (secondary N) is 5. The number of H-pyrrole nitrogens is 1. The van der Waals surface area contributed by atoms with Crippen molar-refractivity contribution in [1.82, 2.24) is 26.3 Å². The molecule has 2 aromatic rings. The van der Waals surface area contributed by atoms with E-state index in [1.165, 1.54) is 0 Å². The first kappa shape index (κ1) is 28.0. The number of fused-ring (bicyclic) bond motifs is 1. The van der Waals surface area contributed by atoms with Crippen molar-refractivity contribution in [3.8, 4) is 0 Å². The predicted molar refractivity (Wildman–Crippen MR) is 137 cm³/mol. The van der Waals surface area contributed by atoms with Crippen molar-refractivity contribution in [3.63, 3.8) is 0 Å². The topological polar surface area (TPSA) is 190 Å². The second-order valence-corrected chi connectivity index (χ2v) is 9.21. The highest BCUT2D eigenvalue weighted by atomic mass is 32.1. The maximum absolute atomic E-state index is 12.9. The summed E-state index contributed by atoms with van der Waals surface area (Å²) in [7, 11) is 0. The summed E-state index contributed by atoms with van der Waals surface area (Å²) in [6.07, 6.45) is 2.52. The number of para-hydroxylation sites is 1. The van der Waals surface area contributed by atoms with Gasteiger partial charge in [-0.1, -0.05) is 18.2 Å². The molecule has 1 saturated heterocycles. The minimum absolute atomic E-state index is 0.00398. The molecule has 0 saturated carbocycles. The fourth-order valence-electron chi connectivity index (χ4n) is 4.18. The Bertz CT molecular complexity index is 1150. The number of aromatic nitrogens is 1. The zero-order valence-electron chi connectivity index (χ0n) is 20.0. The van der Waals surface area contributed by atoms with E-state index in [1.807, 2.05) is 24.3 Å². The van der Waals surface area contributed by atoms with Crippen molar-refractivity contribution < 1.29 is 34.2 Å². The van der Waals surface area contributed by atoms with Crippen LogP contribution in [0.2, 0.25) is 0 Å². The molecular formula is C24H31N5O7S. The van der Waals surface area contributed by atoms with Gasteiger partial charge in [0.2, 0.25) is 17.7 Å². The molecule has 200 valence electrons. The Hall–Kier alpha value is -3.58. The molecule has 37 heavy (non-hydrogen) atoms. The summed E-state index contributed by atoms with van der Waals surface area (Å²) >= 11 is 4.12. The largest absolute Gasteiger partial charge is 0.481 e. The summed E-state index contributed by atoms with van der Waals surface area (Å²) in [6.45, 7) is 0.662. The van der Waals surface area contributed by atoms with E-state index in [0.717, 1.165) is 17.3 Å². The second kappa shape index (κ2) is 13.1. The third-order valence-corrected chi connectivity index (χ3v) is 6.55. The molecule has 1 aromatic heterocycles. The lowest BCUT2D eigenvalue weighted by Gasteiger charge is -2.24. The molecule has 4 atom stereocenters. The minimum Gasteiger partial charge on any atom is -0.481 e. The summed E-state index contributed by atoms with van der Waals surface area (Å²) in [5.74, 6) is -4.50. The Kier molecular flexibility index (Phi) is 9.92. The van der Waals surface area contributed by atoms with Gasteiger partial charge in [-0.25, -0.2) is 4.79 Å². The Morgan fingerprint density at radius 2 is 1.70 bits per heavy atom. The molecule has 7 N–H and O–H groups in total. The van der Waals surface area contributed by atoms with E-state index in [2.05, 4.69) is 38.9 Å². The van der Waals surface area contributed by atoms with Gasteiger partial charge in [-0.3, -0.25) is 19.2 Å². The molecule has 0 bridgehead atoms. The standard InChI is InChI=1S/C24H31N5O7S/c30-20(31)8-7-17(27-21(32)16-6-3-9-25-16)22(33)29-19(12-37)23(34)28-18(24(35)36)10-13-11-26-15-5-2-1-4-14(13)15/h1-2,4-5,11,16-19,25-26,37H,3,6-10,12H2,(H,27,32)(H,28,34)(H,29,33)(H,30,31)(H,35,36).